The highest BCUT2D eigenvalue weighted by Crippen LogP contribution is 2.16. The van der Waals surface area contributed by atoms with E-state index in [1.807, 2.05) is 36.4 Å². The van der Waals surface area contributed by atoms with Gasteiger partial charge in [-0.1, -0.05) is 36.4 Å². The molecule has 0 bridgehead atoms. The van der Waals surface area contributed by atoms with Gasteiger partial charge in [0, 0.05) is 17.7 Å². The monoisotopic (exact) mass is 367 g/mol. The normalized spacial score (nSPS) is 10.3. The van der Waals surface area contributed by atoms with E-state index in [0.29, 0.717) is 11.6 Å². The van der Waals surface area contributed by atoms with Crippen LogP contribution in [0.1, 0.15) is 0 Å². The van der Waals surface area contributed by atoms with Crippen molar-refractivity contribution in [3.8, 4) is 22.9 Å². The zero-order valence-electron chi connectivity index (χ0n) is 14.5. The number of hydrogen-bond acceptors (Lipinski definition) is 5. The van der Waals surface area contributed by atoms with Crippen LogP contribution in [0.25, 0.3) is 11.3 Å². The third-order valence-electron chi connectivity index (χ3n) is 3.55. The van der Waals surface area contributed by atoms with Gasteiger partial charge in [0.05, 0.1) is 12.2 Å². The summed E-state index contributed by atoms with van der Waals surface area (Å²) in [6.45, 7) is 0.327. The van der Waals surface area contributed by atoms with E-state index >= 15 is 0 Å². The summed E-state index contributed by atoms with van der Waals surface area (Å²) >= 11 is 0. The number of carbonyl (C=O) groups excluding carboxylic acids is 1. The molecule has 1 aromatic heterocycles. The van der Waals surface area contributed by atoms with Crippen molar-refractivity contribution in [2.24, 2.45) is 0 Å². The van der Waals surface area contributed by atoms with Gasteiger partial charge in [0.15, 0.2) is 6.61 Å². The second-order valence-corrected chi connectivity index (χ2v) is 5.57. The van der Waals surface area contributed by atoms with Crippen molar-refractivity contribution >= 4 is 5.91 Å². The number of carbonyl (C=O) groups is 1. The number of nitrogens with one attached hydrogen (secondary N) is 1. The second kappa shape index (κ2) is 9.28. The number of halogens is 1. The molecule has 1 amide bonds. The first kappa shape index (κ1) is 18.3. The molecule has 0 saturated carbocycles. The van der Waals surface area contributed by atoms with Gasteiger partial charge in [0.2, 0.25) is 5.88 Å². The molecule has 0 aliphatic carbocycles. The molecule has 138 valence electrons. The third-order valence-corrected chi connectivity index (χ3v) is 3.55. The van der Waals surface area contributed by atoms with Crippen LogP contribution >= 0.6 is 0 Å². The van der Waals surface area contributed by atoms with Gasteiger partial charge in [-0.3, -0.25) is 4.79 Å². The molecule has 0 fully saturated rings. The summed E-state index contributed by atoms with van der Waals surface area (Å²) in [7, 11) is 0. The van der Waals surface area contributed by atoms with Crippen molar-refractivity contribution in [3.05, 3.63) is 72.5 Å². The van der Waals surface area contributed by atoms with Crippen LogP contribution < -0.4 is 14.8 Å². The summed E-state index contributed by atoms with van der Waals surface area (Å²) in [6, 6.07) is 18.9. The lowest BCUT2D eigenvalue weighted by molar-refractivity contribution is -0.123. The lowest BCUT2D eigenvalue weighted by Crippen LogP contribution is -2.32. The summed E-state index contributed by atoms with van der Waals surface area (Å²) in [6.07, 6.45) is 0. The SMILES string of the molecule is O=C(COc1cccc(F)c1)NCCOc1ccc(-c2ccccc2)nn1. The van der Waals surface area contributed by atoms with Crippen molar-refractivity contribution in [2.45, 2.75) is 0 Å². The van der Waals surface area contributed by atoms with E-state index < -0.39 is 5.82 Å². The van der Waals surface area contributed by atoms with Gasteiger partial charge in [-0.15, -0.1) is 10.2 Å². The molecule has 7 heteroatoms. The van der Waals surface area contributed by atoms with Gasteiger partial charge in [0.25, 0.3) is 5.91 Å². The van der Waals surface area contributed by atoms with Gasteiger partial charge in [0.1, 0.15) is 18.2 Å². The van der Waals surface area contributed by atoms with E-state index in [9.17, 15) is 9.18 Å². The molecule has 1 heterocycles. The Kier molecular flexibility index (Phi) is 6.30. The van der Waals surface area contributed by atoms with Crippen LogP contribution in [0.4, 0.5) is 4.39 Å². The highest BCUT2D eigenvalue weighted by Gasteiger charge is 2.04. The maximum absolute atomic E-state index is 13.0. The predicted octanol–water partition coefficient (Wildman–Crippen LogP) is 2.86. The predicted molar refractivity (Wildman–Crippen MR) is 97.9 cm³/mol. The molecule has 3 rings (SSSR count). The molecule has 0 aliphatic rings. The van der Waals surface area contributed by atoms with Crippen LogP contribution in [0.3, 0.4) is 0 Å². The topological polar surface area (TPSA) is 73.3 Å². The van der Waals surface area contributed by atoms with Crippen LogP contribution in [0.15, 0.2) is 66.7 Å². The zero-order valence-corrected chi connectivity index (χ0v) is 14.5. The Morgan fingerprint density at radius 2 is 1.81 bits per heavy atom. The fraction of sp³-hybridized carbons (Fsp3) is 0.150. The molecule has 0 unspecified atom stereocenters. The van der Waals surface area contributed by atoms with Crippen molar-refractivity contribution < 1.29 is 18.7 Å². The molecule has 3 aromatic rings. The highest BCUT2D eigenvalue weighted by atomic mass is 19.1. The first-order valence-corrected chi connectivity index (χ1v) is 8.38. The average Bonchev–Trinajstić information content (AvgIpc) is 2.71. The highest BCUT2D eigenvalue weighted by molar-refractivity contribution is 5.77. The van der Waals surface area contributed by atoms with Gasteiger partial charge in [-0.25, -0.2) is 4.39 Å². The Morgan fingerprint density at radius 1 is 0.963 bits per heavy atom. The van der Waals surface area contributed by atoms with Crippen LogP contribution in [0.2, 0.25) is 0 Å². The minimum atomic E-state index is -0.416. The zero-order chi connectivity index (χ0) is 18.9. The summed E-state index contributed by atoms with van der Waals surface area (Å²) in [4.78, 5) is 11.7. The Bertz CT molecular complexity index is 873. The van der Waals surface area contributed by atoms with Crippen molar-refractivity contribution in [1.29, 1.82) is 0 Å². The number of benzene rings is 2. The van der Waals surface area contributed by atoms with E-state index in [4.69, 9.17) is 9.47 Å². The first-order chi connectivity index (χ1) is 13.2. The largest absolute Gasteiger partial charge is 0.484 e. The molecule has 2 aromatic carbocycles. The molecule has 1 N–H and O–H groups in total. The molecule has 0 aliphatic heterocycles. The summed E-state index contributed by atoms with van der Waals surface area (Å²) in [5.74, 6) is -0.0656. The smallest absolute Gasteiger partial charge is 0.258 e. The van der Waals surface area contributed by atoms with Crippen molar-refractivity contribution in [2.75, 3.05) is 19.8 Å². The van der Waals surface area contributed by atoms with Crippen LogP contribution in [-0.2, 0) is 4.79 Å². The van der Waals surface area contributed by atoms with Crippen LogP contribution in [0.5, 0.6) is 11.6 Å². The molecular weight excluding hydrogens is 349 g/mol. The molecule has 0 atom stereocenters. The van der Waals surface area contributed by atoms with E-state index in [1.165, 1.54) is 18.2 Å². The van der Waals surface area contributed by atoms with Gasteiger partial charge in [-0.05, 0) is 18.2 Å². The van der Waals surface area contributed by atoms with Gasteiger partial charge < -0.3 is 14.8 Å². The Labute approximate surface area is 156 Å². The van der Waals surface area contributed by atoms with E-state index in [1.54, 1.807) is 12.1 Å². The third kappa shape index (κ3) is 5.78. The number of amides is 1. The average molecular weight is 367 g/mol. The molecular formula is C20H18FN3O3. The molecule has 0 saturated heterocycles. The Hall–Kier alpha value is -3.48. The molecule has 27 heavy (non-hydrogen) atoms. The minimum Gasteiger partial charge on any atom is -0.484 e. The van der Waals surface area contributed by atoms with E-state index in [2.05, 4.69) is 15.5 Å². The van der Waals surface area contributed by atoms with E-state index in [-0.39, 0.29) is 25.7 Å². The lowest BCUT2D eigenvalue weighted by Gasteiger charge is -2.08. The Morgan fingerprint density at radius 3 is 2.56 bits per heavy atom. The van der Waals surface area contributed by atoms with Crippen LogP contribution in [-0.4, -0.2) is 35.9 Å². The second-order valence-electron chi connectivity index (χ2n) is 5.57. The van der Waals surface area contributed by atoms with E-state index in [0.717, 1.165) is 11.3 Å². The van der Waals surface area contributed by atoms with Crippen molar-refractivity contribution in [3.63, 3.8) is 0 Å². The van der Waals surface area contributed by atoms with Gasteiger partial charge in [-0.2, -0.15) is 0 Å². The summed E-state index contributed by atoms with van der Waals surface area (Å²) < 4.78 is 23.7. The van der Waals surface area contributed by atoms with Gasteiger partial charge >= 0.3 is 0 Å². The first-order valence-electron chi connectivity index (χ1n) is 8.38. The molecule has 6 nitrogen and oxygen atoms in total. The maximum Gasteiger partial charge on any atom is 0.258 e. The number of aromatic nitrogens is 2. The minimum absolute atomic E-state index is 0.199. The quantitative estimate of drug-likeness (QED) is 0.620. The summed E-state index contributed by atoms with van der Waals surface area (Å²) in [5, 5.41) is 10.8. The number of nitrogens with zero attached hydrogens (tertiary/aromatic N) is 2. The maximum atomic E-state index is 13.0. The lowest BCUT2D eigenvalue weighted by atomic mass is 10.1. The molecule has 0 spiro atoms. The number of hydrogen-bond donors (Lipinski definition) is 1. The summed E-state index contributed by atoms with van der Waals surface area (Å²) in [5.41, 5.74) is 1.73. The fourth-order valence-corrected chi connectivity index (χ4v) is 2.26. The number of rotatable bonds is 8. The Balaban J connectivity index is 1.36. The fourth-order valence-electron chi connectivity index (χ4n) is 2.26. The standard InChI is InChI=1S/C20H18FN3O3/c21-16-7-4-8-17(13-16)27-14-19(25)22-11-12-26-20-10-9-18(23-24-20)15-5-2-1-3-6-15/h1-10,13H,11-12,14H2,(H,22,25). The van der Waals surface area contributed by atoms with Crippen LogP contribution in [0, 0.1) is 5.82 Å². The van der Waals surface area contributed by atoms with Crippen molar-refractivity contribution in [1.82, 2.24) is 15.5 Å². The number of ether oxygens (including phenoxy) is 2. The molecule has 0 radical (unpaired) electrons.